The van der Waals surface area contributed by atoms with Crippen LogP contribution in [0.3, 0.4) is 0 Å². The third-order valence-corrected chi connectivity index (χ3v) is 5.76. The number of amides is 1. The average Bonchev–Trinajstić information content (AvgIpc) is 2.76. The van der Waals surface area contributed by atoms with Crippen LogP contribution in [0.1, 0.15) is 10.4 Å². The highest BCUT2D eigenvalue weighted by Gasteiger charge is 2.35. The molecule has 1 aliphatic heterocycles. The van der Waals surface area contributed by atoms with Gasteiger partial charge in [-0.2, -0.15) is 0 Å². The molecule has 1 aliphatic rings. The van der Waals surface area contributed by atoms with Crippen molar-refractivity contribution in [1.82, 2.24) is 0 Å². The fourth-order valence-corrected chi connectivity index (χ4v) is 4.04. The van der Waals surface area contributed by atoms with Gasteiger partial charge in [0.25, 0.3) is 5.91 Å². The van der Waals surface area contributed by atoms with Crippen molar-refractivity contribution in [2.24, 2.45) is 0 Å². The monoisotopic (exact) mass is 450 g/mol. The fourth-order valence-electron chi connectivity index (χ4n) is 3.13. The molecule has 1 atom stereocenters. The minimum Gasteiger partial charge on any atom is -0.493 e. The summed E-state index contributed by atoms with van der Waals surface area (Å²) in [4.78, 5) is 25.2. The van der Waals surface area contributed by atoms with Crippen molar-refractivity contribution in [1.29, 1.82) is 0 Å². The molecule has 0 spiro atoms. The van der Waals surface area contributed by atoms with E-state index in [1.165, 1.54) is 33.5 Å². The number of anilines is 2. The van der Waals surface area contributed by atoms with Gasteiger partial charge >= 0.3 is 5.97 Å². The molecule has 0 radical (unpaired) electrons. The zero-order valence-corrected chi connectivity index (χ0v) is 18.2. The Balaban J connectivity index is 1.95. The molecule has 2 aromatic carbocycles. The van der Waals surface area contributed by atoms with Crippen LogP contribution in [0, 0.1) is 0 Å². The molecular weight excluding hydrogens is 428 g/mol. The van der Waals surface area contributed by atoms with Crippen molar-refractivity contribution in [2.45, 2.75) is 6.10 Å². The first-order valence-electron chi connectivity index (χ1n) is 9.08. The Labute approximate surface area is 179 Å². The van der Waals surface area contributed by atoms with Gasteiger partial charge in [0, 0.05) is 12.1 Å². The number of para-hydroxylation sites is 2. The summed E-state index contributed by atoms with van der Waals surface area (Å²) in [6.07, 6.45) is -0.114. The third kappa shape index (κ3) is 4.50. The Morgan fingerprint density at radius 1 is 1.10 bits per heavy atom. The van der Waals surface area contributed by atoms with Crippen LogP contribution < -0.4 is 23.8 Å². The SMILES string of the molecule is COC(=O)c1cc(OC)c(OC)cc1NC(=O)[C@H]1CN(S(C)(=O)=O)c2ccccc2O1. The number of nitrogens with zero attached hydrogens (tertiary/aromatic N) is 1. The van der Waals surface area contributed by atoms with Gasteiger partial charge in [0.05, 0.1) is 51.1 Å². The number of esters is 1. The van der Waals surface area contributed by atoms with E-state index in [-0.39, 0.29) is 35.0 Å². The van der Waals surface area contributed by atoms with Gasteiger partial charge in [-0.25, -0.2) is 13.2 Å². The largest absolute Gasteiger partial charge is 0.493 e. The van der Waals surface area contributed by atoms with Gasteiger partial charge in [-0.15, -0.1) is 0 Å². The molecule has 2 aromatic rings. The summed E-state index contributed by atoms with van der Waals surface area (Å²) in [6, 6.07) is 9.29. The maximum absolute atomic E-state index is 13.0. The second-order valence-corrected chi connectivity index (χ2v) is 8.51. The molecular formula is C20H22N2O8S. The highest BCUT2D eigenvalue weighted by molar-refractivity contribution is 7.92. The molecule has 1 heterocycles. The van der Waals surface area contributed by atoms with E-state index in [2.05, 4.69) is 5.32 Å². The fraction of sp³-hybridized carbons (Fsp3) is 0.300. The predicted molar refractivity (Wildman–Crippen MR) is 113 cm³/mol. The van der Waals surface area contributed by atoms with Crippen molar-refractivity contribution in [2.75, 3.05) is 43.8 Å². The Bertz CT molecular complexity index is 1120. The van der Waals surface area contributed by atoms with Gasteiger partial charge in [0.2, 0.25) is 10.0 Å². The number of methoxy groups -OCH3 is 3. The summed E-state index contributed by atoms with van der Waals surface area (Å²) in [5.41, 5.74) is 0.475. The summed E-state index contributed by atoms with van der Waals surface area (Å²) in [5, 5.41) is 2.60. The molecule has 0 bridgehead atoms. The van der Waals surface area contributed by atoms with Gasteiger partial charge < -0.3 is 24.3 Å². The van der Waals surface area contributed by atoms with Gasteiger partial charge in [-0.05, 0) is 12.1 Å². The van der Waals surface area contributed by atoms with Crippen LogP contribution >= 0.6 is 0 Å². The van der Waals surface area contributed by atoms with E-state index >= 15 is 0 Å². The summed E-state index contributed by atoms with van der Waals surface area (Å²) >= 11 is 0. The van der Waals surface area contributed by atoms with Gasteiger partial charge in [-0.1, -0.05) is 12.1 Å². The first kappa shape index (κ1) is 22.2. The molecule has 3 rings (SSSR count). The molecule has 1 amide bonds. The lowest BCUT2D eigenvalue weighted by atomic mass is 10.1. The van der Waals surface area contributed by atoms with E-state index in [0.29, 0.717) is 5.69 Å². The minimum absolute atomic E-state index is 0.0321. The molecule has 1 N–H and O–H groups in total. The van der Waals surface area contributed by atoms with Crippen LogP contribution in [-0.2, 0) is 19.6 Å². The van der Waals surface area contributed by atoms with Crippen LogP contribution in [0.25, 0.3) is 0 Å². The molecule has 0 saturated heterocycles. The molecule has 31 heavy (non-hydrogen) atoms. The number of hydrogen-bond acceptors (Lipinski definition) is 8. The maximum atomic E-state index is 13.0. The Morgan fingerprint density at radius 2 is 1.74 bits per heavy atom. The Kier molecular flexibility index (Phi) is 6.25. The van der Waals surface area contributed by atoms with Crippen LogP contribution in [-0.4, -0.2) is 60.5 Å². The van der Waals surface area contributed by atoms with Crippen molar-refractivity contribution < 1.29 is 37.0 Å². The van der Waals surface area contributed by atoms with Crippen LogP contribution in [0.4, 0.5) is 11.4 Å². The zero-order chi connectivity index (χ0) is 22.8. The lowest BCUT2D eigenvalue weighted by molar-refractivity contribution is -0.122. The predicted octanol–water partition coefficient (Wildman–Crippen LogP) is 1.66. The molecule has 0 aromatic heterocycles. The lowest BCUT2D eigenvalue weighted by Gasteiger charge is -2.33. The number of benzene rings is 2. The number of carbonyl (C=O) groups excluding carboxylic acids is 2. The number of carbonyl (C=O) groups is 2. The second kappa shape index (κ2) is 8.72. The first-order chi connectivity index (χ1) is 14.7. The lowest BCUT2D eigenvalue weighted by Crippen LogP contribution is -2.48. The van der Waals surface area contributed by atoms with Gasteiger partial charge in [0.15, 0.2) is 17.6 Å². The molecule has 166 valence electrons. The van der Waals surface area contributed by atoms with Crippen molar-refractivity contribution in [3.63, 3.8) is 0 Å². The topological polar surface area (TPSA) is 120 Å². The molecule has 0 aliphatic carbocycles. The van der Waals surface area contributed by atoms with E-state index in [4.69, 9.17) is 18.9 Å². The number of rotatable bonds is 6. The van der Waals surface area contributed by atoms with Crippen LogP contribution in [0.2, 0.25) is 0 Å². The Morgan fingerprint density at radius 3 is 2.35 bits per heavy atom. The van der Waals surface area contributed by atoms with Crippen molar-refractivity contribution >= 4 is 33.3 Å². The van der Waals surface area contributed by atoms with Crippen LogP contribution in [0.5, 0.6) is 17.2 Å². The van der Waals surface area contributed by atoms with E-state index in [0.717, 1.165) is 10.6 Å². The van der Waals surface area contributed by atoms with Crippen LogP contribution in [0.15, 0.2) is 36.4 Å². The number of nitrogens with one attached hydrogen (secondary N) is 1. The number of hydrogen-bond donors (Lipinski definition) is 1. The van der Waals surface area contributed by atoms with Crippen molar-refractivity contribution in [3.8, 4) is 17.2 Å². The number of sulfonamides is 1. The van der Waals surface area contributed by atoms with E-state index in [9.17, 15) is 18.0 Å². The smallest absolute Gasteiger partial charge is 0.340 e. The normalized spacial score (nSPS) is 15.4. The molecule has 0 saturated carbocycles. The van der Waals surface area contributed by atoms with E-state index in [1.54, 1.807) is 24.3 Å². The third-order valence-electron chi connectivity index (χ3n) is 4.61. The average molecular weight is 450 g/mol. The molecule has 0 unspecified atom stereocenters. The standard InChI is InChI=1S/C20H22N2O8S/c1-27-16-9-12(20(24)29-3)13(10-17(16)28-2)21-19(23)18-11-22(31(4,25)26)14-7-5-6-8-15(14)30-18/h5-10,18H,11H2,1-4H3,(H,21,23)/t18-/m1/s1. The minimum atomic E-state index is -3.66. The second-order valence-electron chi connectivity index (χ2n) is 6.60. The van der Waals surface area contributed by atoms with Gasteiger partial charge in [0.1, 0.15) is 5.75 Å². The molecule has 11 heteroatoms. The number of ether oxygens (including phenoxy) is 4. The summed E-state index contributed by atoms with van der Waals surface area (Å²) in [6.45, 7) is -0.234. The summed E-state index contributed by atoms with van der Waals surface area (Å²) in [5.74, 6) is -0.561. The maximum Gasteiger partial charge on any atom is 0.340 e. The molecule has 10 nitrogen and oxygen atoms in total. The molecule has 0 fully saturated rings. The summed E-state index contributed by atoms with van der Waals surface area (Å²) < 4.78 is 46.6. The quantitative estimate of drug-likeness (QED) is 0.660. The Hall–Kier alpha value is -3.47. The number of fused-ring (bicyclic) bond motifs is 1. The van der Waals surface area contributed by atoms with E-state index in [1.807, 2.05) is 0 Å². The zero-order valence-electron chi connectivity index (χ0n) is 17.4. The summed E-state index contributed by atoms with van der Waals surface area (Å²) in [7, 11) is 0.359. The van der Waals surface area contributed by atoms with Crippen molar-refractivity contribution in [3.05, 3.63) is 42.0 Å². The highest BCUT2D eigenvalue weighted by atomic mass is 32.2. The van der Waals surface area contributed by atoms with Gasteiger partial charge in [-0.3, -0.25) is 9.10 Å². The highest BCUT2D eigenvalue weighted by Crippen LogP contribution is 2.36. The first-order valence-corrected chi connectivity index (χ1v) is 10.9. The van der Waals surface area contributed by atoms with E-state index < -0.39 is 28.0 Å².